The zero-order chi connectivity index (χ0) is 25.8. The molecule has 1 aliphatic heterocycles. The molecule has 2 heterocycles. The molecule has 7 heteroatoms. The first-order valence-corrected chi connectivity index (χ1v) is 12.7. The molecule has 7 nitrogen and oxygen atoms in total. The van der Waals surface area contributed by atoms with E-state index in [1.807, 2.05) is 35.2 Å². The number of carboxylic acid groups (broad SMARTS) is 1. The number of H-pyrrole nitrogens is 1. The highest BCUT2D eigenvalue weighted by Crippen LogP contribution is 2.40. The molecule has 0 spiro atoms. The fourth-order valence-corrected chi connectivity index (χ4v) is 5.33. The smallest absolute Gasteiger partial charge is 0.320 e. The van der Waals surface area contributed by atoms with Crippen LogP contribution in [0.4, 0.5) is 0 Å². The molecule has 36 heavy (non-hydrogen) atoms. The van der Waals surface area contributed by atoms with Gasteiger partial charge in [-0.2, -0.15) is 0 Å². The van der Waals surface area contributed by atoms with Crippen molar-refractivity contribution in [3.05, 3.63) is 77.5 Å². The quantitative estimate of drug-likeness (QED) is 0.493. The van der Waals surface area contributed by atoms with Crippen LogP contribution in [-0.2, 0) is 22.4 Å². The van der Waals surface area contributed by atoms with Crippen molar-refractivity contribution in [2.24, 2.45) is 11.7 Å². The van der Waals surface area contributed by atoms with E-state index in [1.165, 1.54) is 27.6 Å². The van der Waals surface area contributed by atoms with Gasteiger partial charge in [-0.1, -0.05) is 48.5 Å². The molecule has 0 radical (unpaired) electrons. The molecule has 0 fully saturated rings. The Balaban J connectivity index is 0.000000214. The summed E-state index contributed by atoms with van der Waals surface area (Å²) in [6.07, 6.45) is 5.80. The summed E-state index contributed by atoms with van der Waals surface area (Å²) in [5.74, 6) is -0.749. The van der Waals surface area contributed by atoms with Crippen molar-refractivity contribution in [1.29, 1.82) is 0 Å². The lowest BCUT2D eigenvalue weighted by Crippen LogP contribution is -2.47. The van der Waals surface area contributed by atoms with E-state index < -0.39 is 12.0 Å². The number of aromatic amines is 1. The number of nitrogens with one attached hydrogen (secondary N) is 1. The third kappa shape index (κ3) is 5.22. The van der Waals surface area contributed by atoms with Crippen molar-refractivity contribution in [1.82, 2.24) is 14.8 Å². The Morgan fingerprint density at radius 1 is 1.14 bits per heavy atom. The van der Waals surface area contributed by atoms with Gasteiger partial charge in [0.15, 0.2) is 0 Å². The average molecular weight is 489 g/mol. The number of nitrogens with two attached hydrogens (primary N) is 1. The number of aliphatic carboxylic acids is 1. The molecule has 3 aromatic rings. The van der Waals surface area contributed by atoms with E-state index in [4.69, 9.17) is 10.8 Å². The summed E-state index contributed by atoms with van der Waals surface area (Å²) in [6, 6.07) is 15.4. The van der Waals surface area contributed by atoms with Gasteiger partial charge in [-0.05, 0) is 62.1 Å². The fraction of sp³-hybridized carbons (Fsp3) is 0.379. The van der Waals surface area contributed by atoms with Crippen molar-refractivity contribution >= 4 is 28.4 Å². The third-order valence-electron chi connectivity index (χ3n) is 7.28. The lowest BCUT2D eigenvalue weighted by atomic mass is 9.79. The number of rotatable bonds is 6. The van der Waals surface area contributed by atoms with Crippen LogP contribution in [0.15, 0.2) is 60.8 Å². The van der Waals surface area contributed by atoms with Gasteiger partial charge in [-0.3, -0.25) is 14.5 Å². The summed E-state index contributed by atoms with van der Waals surface area (Å²) in [4.78, 5) is 30.9. The first-order valence-electron chi connectivity index (χ1n) is 12.7. The lowest BCUT2D eigenvalue weighted by Gasteiger charge is -2.40. The molecular formula is C29H36N4O3. The molecule has 4 N–H and O–H groups in total. The summed E-state index contributed by atoms with van der Waals surface area (Å²) in [5, 5.41) is 9.86. The van der Waals surface area contributed by atoms with Gasteiger partial charge < -0.3 is 20.7 Å². The number of benzene rings is 2. The fourth-order valence-electron chi connectivity index (χ4n) is 5.33. The lowest BCUT2D eigenvalue weighted by molar-refractivity contribution is -0.138. The maximum Gasteiger partial charge on any atom is 0.320 e. The zero-order valence-electron chi connectivity index (χ0n) is 21.3. The van der Waals surface area contributed by atoms with Gasteiger partial charge in [-0.15, -0.1) is 0 Å². The van der Waals surface area contributed by atoms with Gasteiger partial charge in [0.05, 0.1) is 5.92 Å². The maximum absolute atomic E-state index is 12.9. The van der Waals surface area contributed by atoms with Crippen molar-refractivity contribution in [3.63, 3.8) is 0 Å². The number of likely N-dealkylation sites (N-methyl/N-ethyl adjacent to an activating group) is 1. The number of aromatic nitrogens is 1. The minimum Gasteiger partial charge on any atom is -0.480 e. The largest absolute Gasteiger partial charge is 0.480 e. The monoisotopic (exact) mass is 488 g/mol. The molecular weight excluding hydrogens is 452 g/mol. The van der Waals surface area contributed by atoms with Crippen LogP contribution < -0.4 is 5.73 Å². The second-order valence-corrected chi connectivity index (χ2v) is 9.58. The number of carbonyl (C=O) groups excluding carboxylic acids is 1. The minimum absolute atomic E-state index is 0.0445. The highest BCUT2D eigenvalue weighted by atomic mass is 16.4. The number of amides is 1. The number of hydrogen-bond acceptors (Lipinski definition) is 4. The van der Waals surface area contributed by atoms with Gasteiger partial charge in [0.2, 0.25) is 5.91 Å². The molecule has 3 atom stereocenters. The number of nitrogens with zero attached hydrogens (tertiary/aromatic N) is 2. The Kier molecular flexibility index (Phi) is 7.91. The first kappa shape index (κ1) is 25.7. The maximum atomic E-state index is 12.9. The zero-order valence-corrected chi connectivity index (χ0v) is 21.3. The van der Waals surface area contributed by atoms with E-state index in [9.17, 15) is 9.59 Å². The second kappa shape index (κ2) is 11.1. The van der Waals surface area contributed by atoms with Crippen LogP contribution in [0.2, 0.25) is 0 Å². The Morgan fingerprint density at radius 3 is 2.53 bits per heavy atom. The number of hydrogen-bond donors (Lipinski definition) is 3. The van der Waals surface area contributed by atoms with Crippen LogP contribution >= 0.6 is 0 Å². The van der Waals surface area contributed by atoms with Crippen LogP contribution in [0.5, 0.6) is 0 Å². The van der Waals surface area contributed by atoms with E-state index in [2.05, 4.69) is 61.3 Å². The topological polar surface area (TPSA) is 103 Å². The van der Waals surface area contributed by atoms with E-state index in [0.29, 0.717) is 12.5 Å². The number of carbonyl (C=O) groups is 2. The third-order valence-corrected chi connectivity index (χ3v) is 7.28. The summed E-state index contributed by atoms with van der Waals surface area (Å²) in [5.41, 5.74) is 11.5. The summed E-state index contributed by atoms with van der Waals surface area (Å²) in [6.45, 7) is 6.47. The van der Waals surface area contributed by atoms with Crippen molar-refractivity contribution in [2.45, 2.75) is 38.8 Å². The van der Waals surface area contributed by atoms with Gasteiger partial charge in [0.25, 0.3) is 0 Å². The summed E-state index contributed by atoms with van der Waals surface area (Å²) < 4.78 is 0. The first-order chi connectivity index (χ1) is 17.3. The molecule has 0 saturated heterocycles. The normalized spacial score (nSPS) is 19.5. The Hall–Kier alpha value is -3.42. The second-order valence-electron chi connectivity index (χ2n) is 9.58. The molecule has 2 aliphatic rings. The van der Waals surface area contributed by atoms with Crippen molar-refractivity contribution in [3.8, 4) is 0 Å². The predicted molar refractivity (Wildman–Crippen MR) is 144 cm³/mol. The molecule has 0 saturated carbocycles. The average Bonchev–Trinajstić information content (AvgIpc) is 3.30. The summed E-state index contributed by atoms with van der Waals surface area (Å²) in [7, 11) is 2.15. The van der Waals surface area contributed by atoms with Crippen LogP contribution in [0.25, 0.3) is 16.5 Å². The van der Waals surface area contributed by atoms with E-state index in [0.717, 1.165) is 31.6 Å². The molecule has 0 bridgehead atoms. The van der Waals surface area contributed by atoms with Gasteiger partial charge in [-0.25, -0.2) is 0 Å². The molecule has 1 aliphatic carbocycles. The Morgan fingerprint density at radius 2 is 1.86 bits per heavy atom. The molecule has 1 aromatic heterocycles. The van der Waals surface area contributed by atoms with Gasteiger partial charge >= 0.3 is 5.97 Å². The van der Waals surface area contributed by atoms with E-state index in [-0.39, 0.29) is 11.8 Å². The van der Waals surface area contributed by atoms with Gasteiger partial charge in [0.1, 0.15) is 6.04 Å². The number of carboxylic acids is 1. The minimum atomic E-state index is -0.959. The number of fused-ring (bicyclic) bond motifs is 2. The van der Waals surface area contributed by atoms with E-state index in [1.54, 1.807) is 0 Å². The van der Waals surface area contributed by atoms with Crippen LogP contribution in [0, 0.1) is 5.92 Å². The van der Waals surface area contributed by atoms with Crippen molar-refractivity contribution < 1.29 is 14.7 Å². The highest BCUT2D eigenvalue weighted by molar-refractivity contribution is 5.99. The Bertz CT molecular complexity index is 1250. The van der Waals surface area contributed by atoms with Crippen LogP contribution in [0.3, 0.4) is 0 Å². The Labute approximate surface area is 212 Å². The van der Waals surface area contributed by atoms with Crippen LogP contribution in [0.1, 0.15) is 30.5 Å². The molecule has 2 aromatic carbocycles. The van der Waals surface area contributed by atoms with Crippen LogP contribution in [-0.4, -0.2) is 70.5 Å². The van der Waals surface area contributed by atoms with Crippen molar-refractivity contribution in [2.75, 3.05) is 26.7 Å². The highest BCUT2D eigenvalue weighted by Gasteiger charge is 2.36. The molecule has 0 unspecified atom stereocenters. The predicted octanol–water partition coefficient (Wildman–Crippen LogP) is 3.55. The SMILES string of the molecule is CCN(CC)C(=O)[C@@H]1C=C2c3cccc4[nH]cc(c34)C[C@H]2N(C)C1.N[C@@H](Cc1ccccc1)C(=O)O. The standard InChI is InChI=1S/C20H25N3O.C9H11NO2/c1-4-23(5-2)20(24)14-9-16-15-7-6-8-17-19(15)13(11-21-17)10-18(16)22(3)12-14;10-8(9(11)12)6-7-4-2-1-3-5-7/h6-9,11,14,18,21H,4-5,10,12H2,1-3H3;1-5,8H,6,10H2,(H,11,12)/t14-,18-;8-/m10/s1. The van der Waals surface area contributed by atoms with E-state index >= 15 is 0 Å². The summed E-state index contributed by atoms with van der Waals surface area (Å²) >= 11 is 0. The molecule has 190 valence electrons. The molecule has 5 rings (SSSR count). The molecule has 1 amide bonds. The van der Waals surface area contributed by atoms with Gasteiger partial charge in [0, 0.05) is 42.8 Å².